The highest BCUT2D eigenvalue weighted by atomic mass is 16.5. The van der Waals surface area contributed by atoms with Crippen molar-refractivity contribution >= 4 is 17.5 Å². The predicted octanol–water partition coefficient (Wildman–Crippen LogP) is 4.30. The number of nitrogens with zero attached hydrogens (tertiary/aromatic N) is 3. The molecule has 2 amide bonds. The van der Waals surface area contributed by atoms with E-state index in [-0.39, 0.29) is 29.8 Å². The first-order chi connectivity index (χ1) is 18.1. The van der Waals surface area contributed by atoms with Crippen LogP contribution >= 0.6 is 0 Å². The smallest absolute Gasteiger partial charge is 0.262 e. The Morgan fingerprint density at radius 1 is 0.974 bits per heavy atom. The molecule has 1 atom stereocenters. The Hall–Kier alpha value is -3.59. The van der Waals surface area contributed by atoms with E-state index in [2.05, 4.69) is 0 Å². The van der Waals surface area contributed by atoms with Crippen molar-refractivity contribution in [2.24, 2.45) is 10.5 Å². The standard InChI is InChI=1S/C29H39N3O6/c1-29(2,3)18-27(33)31(14-15-35-4)19-28(34)32-25(20-8-10-21(36-5)11-9-20)17-24(30-32)23-13-12-22(37-6)16-26(23)38-7/h8-13,16,25H,14-15,17-19H2,1-7H3/t25-/m1/s1. The van der Waals surface area contributed by atoms with Gasteiger partial charge in [0.05, 0.1) is 39.7 Å². The normalized spacial score (nSPS) is 15.2. The van der Waals surface area contributed by atoms with E-state index < -0.39 is 0 Å². The Kier molecular flexibility index (Phi) is 9.74. The zero-order valence-electron chi connectivity index (χ0n) is 23.4. The van der Waals surface area contributed by atoms with Gasteiger partial charge in [-0.05, 0) is 35.2 Å². The van der Waals surface area contributed by atoms with Crippen LogP contribution in [0.3, 0.4) is 0 Å². The van der Waals surface area contributed by atoms with E-state index in [9.17, 15) is 9.59 Å². The van der Waals surface area contributed by atoms with Gasteiger partial charge in [-0.15, -0.1) is 0 Å². The van der Waals surface area contributed by atoms with Crippen molar-refractivity contribution in [2.45, 2.75) is 39.7 Å². The predicted molar refractivity (Wildman–Crippen MR) is 146 cm³/mol. The molecule has 0 fully saturated rings. The van der Waals surface area contributed by atoms with Gasteiger partial charge >= 0.3 is 0 Å². The van der Waals surface area contributed by atoms with Crippen LogP contribution in [0.5, 0.6) is 17.2 Å². The highest BCUT2D eigenvalue weighted by molar-refractivity contribution is 6.05. The van der Waals surface area contributed by atoms with Gasteiger partial charge in [0.1, 0.15) is 23.8 Å². The number of hydrogen-bond donors (Lipinski definition) is 0. The van der Waals surface area contributed by atoms with Gasteiger partial charge < -0.3 is 23.8 Å². The number of carbonyl (C=O) groups is 2. The average molecular weight is 526 g/mol. The Labute approximate surface area is 225 Å². The minimum atomic E-state index is -0.350. The molecule has 38 heavy (non-hydrogen) atoms. The van der Waals surface area contributed by atoms with E-state index >= 15 is 0 Å². The summed E-state index contributed by atoms with van der Waals surface area (Å²) < 4.78 is 21.5. The number of hydrogen-bond acceptors (Lipinski definition) is 7. The number of methoxy groups -OCH3 is 4. The fourth-order valence-electron chi connectivity index (χ4n) is 4.32. The van der Waals surface area contributed by atoms with Gasteiger partial charge in [0.2, 0.25) is 5.91 Å². The second kappa shape index (κ2) is 12.8. The van der Waals surface area contributed by atoms with Crippen LogP contribution in [0.4, 0.5) is 0 Å². The average Bonchev–Trinajstić information content (AvgIpc) is 3.35. The summed E-state index contributed by atoms with van der Waals surface area (Å²) in [6.45, 7) is 6.56. The van der Waals surface area contributed by atoms with Crippen LogP contribution in [0, 0.1) is 5.41 Å². The van der Waals surface area contributed by atoms with Crippen LogP contribution in [-0.2, 0) is 14.3 Å². The quantitative estimate of drug-likeness (QED) is 0.435. The van der Waals surface area contributed by atoms with Crippen molar-refractivity contribution in [3.05, 3.63) is 53.6 Å². The molecule has 1 heterocycles. The van der Waals surface area contributed by atoms with Gasteiger partial charge in [0.15, 0.2) is 0 Å². The minimum Gasteiger partial charge on any atom is -0.497 e. The van der Waals surface area contributed by atoms with Gasteiger partial charge in [0.25, 0.3) is 5.91 Å². The third-order valence-electron chi connectivity index (χ3n) is 6.31. The lowest BCUT2D eigenvalue weighted by Crippen LogP contribution is -2.43. The molecule has 3 rings (SSSR count). The first kappa shape index (κ1) is 29.0. The molecule has 0 saturated carbocycles. The Morgan fingerprint density at radius 3 is 2.21 bits per heavy atom. The van der Waals surface area contributed by atoms with Crippen LogP contribution in [0.15, 0.2) is 47.6 Å². The zero-order chi connectivity index (χ0) is 27.9. The monoisotopic (exact) mass is 525 g/mol. The molecule has 0 bridgehead atoms. The molecule has 1 aliphatic rings. The van der Waals surface area contributed by atoms with Crippen LogP contribution in [-0.4, -0.2) is 75.6 Å². The number of hydrazone groups is 1. The molecule has 2 aromatic carbocycles. The van der Waals surface area contributed by atoms with Crippen LogP contribution in [0.1, 0.15) is 50.8 Å². The Morgan fingerprint density at radius 2 is 1.63 bits per heavy atom. The third kappa shape index (κ3) is 7.25. The summed E-state index contributed by atoms with van der Waals surface area (Å²) in [5, 5.41) is 6.26. The molecule has 0 radical (unpaired) electrons. The second-order valence-corrected chi connectivity index (χ2v) is 10.4. The molecule has 206 valence electrons. The molecule has 0 unspecified atom stereocenters. The highest BCUT2D eigenvalue weighted by Gasteiger charge is 2.35. The SMILES string of the molecule is COCCN(CC(=O)N1N=C(c2ccc(OC)cc2OC)C[C@@H]1c1ccc(OC)cc1)C(=O)CC(C)(C)C. The molecule has 0 N–H and O–H groups in total. The molecule has 0 saturated heterocycles. The summed E-state index contributed by atoms with van der Waals surface area (Å²) in [4.78, 5) is 28.4. The maximum atomic E-state index is 13.7. The molecule has 0 aliphatic carbocycles. The molecule has 1 aliphatic heterocycles. The molecule has 0 aromatic heterocycles. The molecule has 9 nitrogen and oxygen atoms in total. The van der Waals surface area contributed by atoms with E-state index in [1.54, 1.807) is 39.4 Å². The summed E-state index contributed by atoms with van der Waals surface area (Å²) in [6, 6.07) is 12.8. The van der Waals surface area contributed by atoms with Gasteiger partial charge in [-0.2, -0.15) is 5.10 Å². The van der Waals surface area contributed by atoms with Gasteiger partial charge in [0, 0.05) is 38.1 Å². The largest absolute Gasteiger partial charge is 0.497 e. The van der Waals surface area contributed by atoms with Crippen LogP contribution in [0.25, 0.3) is 0 Å². The van der Waals surface area contributed by atoms with E-state index in [4.69, 9.17) is 24.0 Å². The summed E-state index contributed by atoms with van der Waals surface area (Å²) >= 11 is 0. The number of benzene rings is 2. The van der Waals surface area contributed by atoms with Gasteiger partial charge in [-0.1, -0.05) is 32.9 Å². The fourth-order valence-corrected chi connectivity index (χ4v) is 4.32. The van der Waals surface area contributed by atoms with Crippen molar-refractivity contribution in [1.29, 1.82) is 0 Å². The van der Waals surface area contributed by atoms with Crippen molar-refractivity contribution in [2.75, 3.05) is 48.1 Å². The van der Waals surface area contributed by atoms with Crippen molar-refractivity contribution in [3.63, 3.8) is 0 Å². The molecule has 2 aromatic rings. The van der Waals surface area contributed by atoms with Crippen molar-refractivity contribution < 1.29 is 28.5 Å². The summed E-state index contributed by atoms with van der Waals surface area (Å²) in [5.41, 5.74) is 2.20. The first-order valence-electron chi connectivity index (χ1n) is 12.6. The van der Waals surface area contributed by atoms with Gasteiger partial charge in [-0.25, -0.2) is 5.01 Å². The first-order valence-corrected chi connectivity index (χ1v) is 12.6. The minimum absolute atomic E-state index is 0.0934. The maximum Gasteiger partial charge on any atom is 0.262 e. The second-order valence-electron chi connectivity index (χ2n) is 10.4. The number of carbonyl (C=O) groups excluding carboxylic acids is 2. The van der Waals surface area contributed by atoms with E-state index in [1.165, 1.54) is 5.01 Å². The number of amides is 2. The zero-order valence-corrected chi connectivity index (χ0v) is 23.4. The third-order valence-corrected chi connectivity index (χ3v) is 6.31. The lowest BCUT2D eigenvalue weighted by molar-refractivity contribution is -0.143. The number of rotatable bonds is 11. The fraction of sp³-hybridized carbons (Fsp3) is 0.483. The summed E-state index contributed by atoms with van der Waals surface area (Å²) in [7, 11) is 6.37. The Bertz CT molecular complexity index is 1140. The van der Waals surface area contributed by atoms with E-state index in [1.807, 2.05) is 57.2 Å². The summed E-state index contributed by atoms with van der Waals surface area (Å²) in [5.74, 6) is 1.62. The van der Waals surface area contributed by atoms with Crippen molar-refractivity contribution in [3.8, 4) is 17.2 Å². The molecule has 9 heteroatoms. The maximum absolute atomic E-state index is 13.7. The van der Waals surface area contributed by atoms with Crippen LogP contribution < -0.4 is 14.2 Å². The lowest BCUT2D eigenvalue weighted by atomic mass is 9.91. The van der Waals surface area contributed by atoms with E-state index in [0.717, 1.165) is 16.9 Å². The molecular weight excluding hydrogens is 486 g/mol. The topological polar surface area (TPSA) is 89.9 Å². The van der Waals surface area contributed by atoms with Gasteiger partial charge in [-0.3, -0.25) is 9.59 Å². The van der Waals surface area contributed by atoms with Crippen molar-refractivity contribution in [1.82, 2.24) is 9.91 Å². The highest BCUT2D eigenvalue weighted by Crippen LogP contribution is 2.37. The van der Waals surface area contributed by atoms with Crippen LogP contribution in [0.2, 0.25) is 0 Å². The van der Waals surface area contributed by atoms with E-state index in [0.29, 0.717) is 43.2 Å². The number of ether oxygens (including phenoxy) is 4. The summed E-state index contributed by atoms with van der Waals surface area (Å²) in [6.07, 6.45) is 0.804. The molecular formula is C29H39N3O6. The lowest BCUT2D eigenvalue weighted by Gasteiger charge is -2.29. The Balaban J connectivity index is 1.96. The molecule has 0 spiro atoms.